The Labute approximate surface area is 85.8 Å². The van der Waals surface area contributed by atoms with E-state index in [1.807, 2.05) is 18.2 Å². The lowest BCUT2D eigenvalue weighted by Gasteiger charge is -2.03. The molecule has 1 aromatic heterocycles. The number of ether oxygens (including phenoxy) is 1. The van der Waals surface area contributed by atoms with E-state index in [4.69, 9.17) is 4.74 Å². The molecule has 3 heteroatoms. The maximum Gasteiger partial charge on any atom is 0.227 e. The lowest BCUT2D eigenvalue weighted by atomic mass is 10.4. The second kappa shape index (κ2) is 5.13. The third-order valence-electron chi connectivity index (χ3n) is 1.29. The minimum Gasteiger partial charge on any atom is -0.477 e. The average Bonchev–Trinajstić information content (AvgIpc) is 2.09. The SMILES string of the molecule is C=CCCOc1ncccc1I. The molecule has 0 bridgehead atoms. The van der Waals surface area contributed by atoms with Crippen molar-refractivity contribution >= 4 is 22.6 Å². The zero-order valence-electron chi connectivity index (χ0n) is 6.66. The lowest BCUT2D eigenvalue weighted by Crippen LogP contribution is -1.98. The molecule has 1 aromatic rings. The fourth-order valence-electron chi connectivity index (χ4n) is 0.716. The molecular formula is C9H10INO. The van der Waals surface area contributed by atoms with Crippen LogP contribution in [0, 0.1) is 3.57 Å². The van der Waals surface area contributed by atoms with Gasteiger partial charge in [-0.3, -0.25) is 0 Å². The molecule has 12 heavy (non-hydrogen) atoms. The van der Waals surface area contributed by atoms with Gasteiger partial charge in [-0.05, 0) is 41.1 Å². The van der Waals surface area contributed by atoms with Crippen LogP contribution < -0.4 is 4.74 Å². The molecule has 0 saturated heterocycles. The van der Waals surface area contributed by atoms with Crippen molar-refractivity contribution in [3.8, 4) is 5.88 Å². The maximum absolute atomic E-state index is 5.39. The zero-order valence-corrected chi connectivity index (χ0v) is 8.82. The van der Waals surface area contributed by atoms with Crippen LogP contribution in [0.2, 0.25) is 0 Å². The first kappa shape index (κ1) is 9.51. The Bertz CT molecular complexity index is 262. The molecule has 0 aromatic carbocycles. The van der Waals surface area contributed by atoms with Gasteiger partial charge in [0.25, 0.3) is 0 Å². The predicted octanol–water partition coefficient (Wildman–Crippen LogP) is 2.64. The van der Waals surface area contributed by atoms with Gasteiger partial charge >= 0.3 is 0 Å². The van der Waals surface area contributed by atoms with Crippen molar-refractivity contribution in [2.75, 3.05) is 6.61 Å². The van der Waals surface area contributed by atoms with E-state index in [1.54, 1.807) is 6.20 Å². The highest BCUT2D eigenvalue weighted by atomic mass is 127. The van der Waals surface area contributed by atoms with Gasteiger partial charge in [-0.25, -0.2) is 4.98 Å². The molecule has 0 amide bonds. The number of nitrogens with zero attached hydrogens (tertiary/aromatic N) is 1. The summed E-state index contributed by atoms with van der Waals surface area (Å²) in [7, 11) is 0. The summed E-state index contributed by atoms with van der Waals surface area (Å²) in [5.41, 5.74) is 0. The molecule has 0 spiro atoms. The van der Waals surface area contributed by atoms with Crippen molar-refractivity contribution in [3.63, 3.8) is 0 Å². The average molecular weight is 275 g/mol. The van der Waals surface area contributed by atoms with Gasteiger partial charge in [-0.15, -0.1) is 6.58 Å². The lowest BCUT2D eigenvalue weighted by molar-refractivity contribution is 0.310. The van der Waals surface area contributed by atoms with Gasteiger partial charge in [0, 0.05) is 6.20 Å². The van der Waals surface area contributed by atoms with E-state index in [9.17, 15) is 0 Å². The second-order valence-electron chi connectivity index (χ2n) is 2.22. The summed E-state index contributed by atoms with van der Waals surface area (Å²) in [6, 6.07) is 3.86. The summed E-state index contributed by atoms with van der Waals surface area (Å²) in [5, 5.41) is 0. The van der Waals surface area contributed by atoms with Crippen molar-refractivity contribution in [2.45, 2.75) is 6.42 Å². The molecule has 0 saturated carbocycles. The number of hydrogen-bond acceptors (Lipinski definition) is 2. The van der Waals surface area contributed by atoms with E-state index < -0.39 is 0 Å². The first-order valence-electron chi connectivity index (χ1n) is 3.69. The molecule has 0 N–H and O–H groups in total. The molecule has 2 nitrogen and oxygen atoms in total. The van der Waals surface area contributed by atoms with Crippen LogP contribution in [0.15, 0.2) is 31.0 Å². The predicted molar refractivity (Wildman–Crippen MR) is 57.3 cm³/mol. The van der Waals surface area contributed by atoms with Crippen LogP contribution in [-0.4, -0.2) is 11.6 Å². The zero-order chi connectivity index (χ0) is 8.81. The standard InChI is InChI=1S/C9H10INO/c1-2-3-7-12-9-8(10)5-4-6-11-9/h2,4-6H,1,3,7H2. The van der Waals surface area contributed by atoms with E-state index in [0.29, 0.717) is 12.5 Å². The Morgan fingerprint density at radius 3 is 3.17 bits per heavy atom. The fraction of sp³-hybridized carbons (Fsp3) is 0.222. The summed E-state index contributed by atoms with van der Waals surface area (Å²) in [4.78, 5) is 4.09. The van der Waals surface area contributed by atoms with Crippen molar-refractivity contribution in [1.29, 1.82) is 0 Å². The van der Waals surface area contributed by atoms with E-state index in [1.165, 1.54) is 0 Å². The number of pyridine rings is 1. The van der Waals surface area contributed by atoms with Gasteiger partial charge in [-0.2, -0.15) is 0 Å². The summed E-state index contributed by atoms with van der Waals surface area (Å²) in [6.45, 7) is 4.26. The summed E-state index contributed by atoms with van der Waals surface area (Å²) in [6.07, 6.45) is 4.41. The fourth-order valence-corrected chi connectivity index (χ4v) is 1.22. The Morgan fingerprint density at radius 1 is 1.67 bits per heavy atom. The van der Waals surface area contributed by atoms with E-state index in [2.05, 4.69) is 34.2 Å². The smallest absolute Gasteiger partial charge is 0.227 e. The van der Waals surface area contributed by atoms with Crippen LogP contribution in [0.25, 0.3) is 0 Å². The molecule has 0 radical (unpaired) electrons. The minimum absolute atomic E-state index is 0.649. The molecule has 0 aliphatic carbocycles. The Morgan fingerprint density at radius 2 is 2.50 bits per heavy atom. The molecule has 64 valence electrons. The maximum atomic E-state index is 5.39. The molecule has 0 aliphatic heterocycles. The van der Waals surface area contributed by atoms with Crippen molar-refractivity contribution in [1.82, 2.24) is 4.98 Å². The Hall–Kier alpha value is -0.580. The van der Waals surface area contributed by atoms with Gasteiger partial charge in [0.15, 0.2) is 0 Å². The van der Waals surface area contributed by atoms with Crippen LogP contribution >= 0.6 is 22.6 Å². The molecule has 1 rings (SSSR count). The summed E-state index contributed by atoms with van der Waals surface area (Å²) in [5.74, 6) is 0.708. The Balaban J connectivity index is 2.51. The monoisotopic (exact) mass is 275 g/mol. The molecule has 0 fully saturated rings. The highest BCUT2D eigenvalue weighted by Crippen LogP contribution is 2.16. The van der Waals surface area contributed by atoms with Crippen LogP contribution in [0.1, 0.15) is 6.42 Å². The van der Waals surface area contributed by atoms with Gasteiger partial charge < -0.3 is 4.74 Å². The largest absolute Gasteiger partial charge is 0.477 e. The normalized spacial score (nSPS) is 9.42. The van der Waals surface area contributed by atoms with Gasteiger partial charge in [0.05, 0.1) is 10.2 Å². The number of halogens is 1. The quantitative estimate of drug-likeness (QED) is 0.479. The molecule has 0 unspecified atom stereocenters. The number of aromatic nitrogens is 1. The third-order valence-corrected chi connectivity index (χ3v) is 2.11. The minimum atomic E-state index is 0.649. The van der Waals surface area contributed by atoms with Crippen LogP contribution in [0.5, 0.6) is 5.88 Å². The van der Waals surface area contributed by atoms with E-state index >= 15 is 0 Å². The van der Waals surface area contributed by atoms with E-state index in [-0.39, 0.29) is 0 Å². The summed E-state index contributed by atoms with van der Waals surface area (Å²) >= 11 is 2.20. The molecule has 0 atom stereocenters. The van der Waals surface area contributed by atoms with Crippen LogP contribution in [-0.2, 0) is 0 Å². The Kier molecular flexibility index (Phi) is 4.07. The molecular weight excluding hydrogens is 265 g/mol. The first-order chi connectivity index (χ1) is 5.84. The number of hydrogen-bond donors (Lipinski definition) is 0. The highest BCUT2D eigenvalue weighted by Gasteiger charge is 1.98. The second-order valence-corrected chi connectivity index (χ2v) is 3.38. The first-order valence-corrected chi connectivity index (χ1v) is 4.76. The van der Waals surface area contributed by atoms with Crippen LogP contribution in [0.3, 0.4) is 0 Å². The van der Waals surface area contributed by atoms with Crippen LogP contribution in [0.4, 0.5) is 0 Å². The topological polar surface area (TPSA) is 22.1 Å². The molecule has 1 heterocycles. The van der Waals surface area contributed by atoms with Gasteiger partial charge in [0.1, 0.15) is 0 Å². The van der Waals surface area contributed by atoms with Gasteiger partial charge in [0.2, 0.25) is 5.88 Å². The van der Waals surface area contributed by atoms with Crippen molar-refractivity contribution in [2.24, 2.45) is 0 Å². The molecule has 0 aliphatic rings. The highest BCUT2D eigenvalue weighted by molar-refractivity contribution is 14.1. The van der Waals surface area contributed by atoms with E-state index in [0.717, 1.165) is 9.99 Å². The van der Waals surface area contributed by atoms with Gasteiger partial charge in [-0.1, -0.05) is 6.08 Å². The number of rotatable bonds is 4. The van der Waals surface area contributed by atoms with Crippen molar-refractivity contribution in [3.05, 3.63) is 34.6 Å². The summed E-state index contributed by atoms with van der Waals surface area (Å²) < 4.78 is 6.43. The van der Waals surface area contributed by atoms with Crippen molar-refractivity contribution < 1.29 is 4.74 Å². The third kappa shape index (κ3) is 2.81.